The topological polar surface area (TPSA) is 107 Å². The Balaban J connectivity index is 1.96. The molecule has 2 heterocycles. The smallest absolute Gasteiger partial charge is 0.492 e. The van der Waals surface area contributed by atoms with Gasteiger partial charge in [0.2, 0.25) is 5.43 Å². The number of nitrogens with zero attached hydrogens (tertiary/aromatic N) is 2. The molecule has 0 amide bonds. The molecule has 4 rings (SSSR count). The summed E-state index contributed by atoms with van der Waals surface area (Å²) in [7, 11) is 1.45. The van der Waals surface area contributed by atoms with Crippen molar-refractivity contribution in [2.75, 3.05) is 25.1 Å². The average Bonchev–Trinajstić information content (AvgIpc) is 3.50. The van der Waals surface area contributed by atoms with E-state index in [1.165, 1.54) is 13.3 Å². The van der Waals surface area contributed by atoms with Crippen molar-refractivity contribution in [3.63, 3.8) is 0 Å². The molecule has 30 heavy (non-hydrogen) atoms. The monoisotopic (exact) mass is 419 g/mol. The van der Waals surface area contributed by atoms with Crippen LogP contribution >= 0.6 is 0 Å². The third kappa shape index (κ3) is 3.36. The summed E-state index contributed by atoms with van der Waals surface area (Å²) in [4.78, 5) is 25.8. The fraction of sp³-hybridized carbons (Fsp3) is 0.524. The van der Waals surface area contributed by atoms with Gasteiger partial charge in [-0.25, -0.2) is 9.18 Å². The first-order chi connectivity index (χ1) is 14.1. The predicted octanol–water partition coefficient (Wildman–Crippen LogP) is 3.10. The highest BCUT2D eigenvalue weighted by molar-refractivity contribution is 5.92. The van der Waals surface area contributed by atoms with Crippen molar-refractivity contribution in [3.05, 3.63) is 28.3 Å². The number of ether oxygens (including phenoxy) is 2. The zero-order valence-corrected chi connectivity index (χ0v) is 17.3. The predicted molar refractivity (Wildman–Crippen MR) is 110 cm³/mol. The average molecular weight is 419 g/mol. The number of piperidine rings is 1. The van der Waals surface area contributed by atoms with Crippen LogP contribution in [0.1, 0.15) is 39.2 Å². The Bertz CT molecular complexity index is 1080. The minimum Gasteiger partial charge on any atom is -0.492 e. The lowest BCUT2D eigenvalue weighted by atomic mass is 9.79. The van der Waals surface area contributed by atoms with Crippen LogP contribution in [-0.2, 0) is 0 Å². The van der Waals surface area contributed by atoms with Crippen LogP contribution in [0.2, 0.25) is 0 Å². The second-order valence-corrected chi connectivity index (χ2v) is 8.77. The van der Waals surface area contributed by atoms with Crippen molar-refractivity contribution < 1.29 is 23.8 Å². The van der Waals surface area contributed by atoms with E-state index in [9.17, 15) is 9.59 Å². The molecule has 0 bridgehead atoms. The van der Waals surface area contributed by atoms with E-state index in [1.54, 1.807) is 4.57 Å². The zero-order valence-electron chi connectivity index (χ0n) is 17.3. The first kappa shape index (κ1) is 20.5. The van der Waals surface area contributed by atoms with Crippen molar-refractivity contribution in [1.29, 1.82) is 0 Å². The van der Waals surface area contributed by atoms with Crippen LogP contribution in [0.3, 0.4) is 0 Å². The molecule has 1 aliphatic carbocycles. The van der Waals surface area contributed by atoms with Crippen LogP contribution in [0, 0.1) is 11.2 Å². The Morgan fingerprint density at radius 3 is 2.60 bits per heavy atom. The van der Waals surface area contributed by atoms with E-state index in [1.807, 2.05) is 18.7 Å². The number of methoxy groups -OCH3 is 1. The molecule has 1 aromatic heterocycles. The number of halogens is 1. The third-order valence-electron chi connectivity index (χ3n) is 6.14. The Labute approximate surface area is 173 Å². The molecule has 1 unspecified atom stereocenters. The van der Waals surface area contributed by atoms with Gasteiger partial charge in [-0.2, -0.15) is 0 Å². The molecule has 1 aliphatic heterocycles. The lowest BCUT2D eigenvalue weighted by Crippen LogP contribution is -2.52. The molecular formula is C21H26FN3O5. The van der Waals surface area contributed by atoms with Crippen LogP contribution in [0.25, 0.3) is 10.9 Å². The molecule has 2 aliphatic rings. The van der Waals surface area contributed by atoms with E-state index in [0.717, 1.165) is 18.9 Å². The summed E-state index contributed by atoms with van der Waals surface area (Å²) >= 11 is 0. The summed E-state index contributed by atoms with van der Waals surface area (Å²) in [5.74, 6) is -0.680. The summed E-state index contributed by atoms with van der Waals surface area (Å²) < 4.78 is 27.5. The minimum atomic E-state index is -1.59. The molecule has 1 saturated carbocycles. The molecule has 0 spiro atoms. The molecular weight excluding hydrogens is 393 g/mol. The lowest BCUT2D eigenvalue weighted by Gasteiger charge is -2.44. The molecule has 2 fully saturated rings. The zero-order chi connectivity index (χ0) is 21.8. The number of pyridine rings is 1. The van der Waals surface area contributed by atoms with Crippen molar-refractivity contribution in [1.82, 2.24) is 4.57 Å². The number of carbonyl (C=O) groups is 1. The number of benzene rings is 1. The molecule has 1 aromatic carbocycles. The maximum Gasteiger partial charge on any atom is 0.511 e. The molecule has 3 N–H and O–H groups in total. The fourth-order valence-electron chi connectivity index (χ4n) is 4.28. The van der Waals surface area contributed by atoms with Gasteiger partial charge in [0.25, 0.3) is 0 Å². The molecule has 0 radical (unpaired) electrons. The molecule has 1 atom stereocenters. The van der Waals surface area contributed by atoms with E-state index in [0.29, 0.717) is 30.7 Å². The molecule has 9 heteroatoms. The lowest BCUT2D eigenvalue weighted by molar-refractivity contribution is 0.143. The largest absolute Gasteiger partial charge is 0.511 e. The van der Waals surface area contributed by atoms with Gasteiger partial charge in [0.05, 0.1) is 24.2 Å². The van der Waals surface area contributed by atoms with Gasteiger partial charge in [-0.3, -0.25) is 4.79 Å². The van der Waals surface area contributed by atoms with E-state index >= 15 is 4.39 Å². The van der Waals surface area contributed by atoms with Gasteiger partial charge in [-0.1, -0.05) is 13.8 Å². The van der Waals surface area contributed by atoms with Crippen LogP contribution in [0.15, 0.2) is 17.1 Å². The highest BCUT2D eigenvalue weighted by Crippen LogP contribution is 2.45. The first-order valence-electron chi connectivity index (χ1n) is 10.0. The number of rotatable bonds is 4. The number of hydrogen-bond donors (Lipinski definition) is 2. The Kier molecular flexibility index (Phi) is 4.88. The maximum atomic E-state index is 15.4. The van der Waals surface area contributed by atoms with Gasteiger partial charge in [-0.05, 0) is 30.7 Å². The van der Waals surface area contributed by atoms with E-state index in [2.05, 4.69) is 4.74 Å². The highest BCUT2D eigenvalue weighted by atomic mass is 19.1. The number of fused-ring (bicyclic) bond motifs is 1. The quantitative estimate of drug-likeness (QED) is 0.733. The number of carboxylic acid groups (broad SMARTS) is 1. The molecule has 162 valence electrons. The number of anilines is 1. The number of hydrogen-bond acceptors (Lipinski definition) is 6. The second kappa shape index (κ2) is 7.16. The maximum absolute atomic E-state index is 15.4. The molecule has 1 saturated heterocycles. The summed E-state index contributed by atoms with van der Waals surface area (Å²) in [6.45, 7) is 5.20. The standard InChI is InChI=1S/C21H26FN3O5/c1-21(2)10-24(7-6-15(21)23)17-13(22)8-12-16(19(17)29-3)25(11-4-5-11)9-14(18(12)26)30-20(27)28/h8-9,11,15H,4-7,10,23H2,1-3H3,(H,27,28). The van der Waals surface area contributed by atoms with Gasteiger partial charge in [0.1, 0.15) is 5.69 Å². The highest BCUT2D eigenvalue weighted by Gasteiger charge is 2.37. The summed E-state index contributed by atoms with van der Waals surface area (Å²) in [5.41, 5.74) is 6.08. The SMILES string of the molecule is COc1c(N2CCC(N)C(C)(C)C2)c(F)cc2c(=O)c(OC(=O)O)cn(C3CC3)c12. The molecule has 2 aromatic rings. The van der Waals surface area contributed by atoms with Crippen molar-refractivity contribution in [3.8, 4) is 11.5 Å². The normalized spacial score (nSPS) is 21.0. The summed E-state index contributed by atoms with van der Waals surface area (Å²) in [6.07, 6.45) is 2.23. The van der Waals surface area contributed by atoms with Crippen LogP contribution in [0.5, 0.6) is 11.5 Å². The van der Waals surface area contributed by atoms with E-state index in [4.69, 9.17) is 15.6 Å². The number of nitrogens with two attached hydrogens (primary N) is 1. The summed E-state index contributed by atoms with van der Waals surface area (Å²) in [6, 6.07) is 1.23. The molecule has 8 nitrogen and oxygen atoms in total. The van der Waals surface area contributed by atoms with Crippen LogP contribution in [0.4, 0.5) is 14.9 Å². The minimum absolute atomic E-state index is 0.00336. The fourth-order valence-corrected chi connectivity index (χ4v) is 4.28. The van der Waals surface area contributed by atoms with Gasteiger partial charge < -0.3 is 29.8 Å². The Morgan fingerprint density at radius 2 is 2.03 bits per heavy atom. The van der Waals surface area contributed by atoms with Crippen LogP contribution in [-0.4, -0.2) is 42.1 Å². The van der Waals surface area contributed by atoms with Gasteiger partial charge >= 0.3 is 6.16 Å². The van der Waals surface area contributed by atoms with Gasteiger partial charge in [-0.15, -0.1) is 0 Å². The van der Waals surface area contributed by atoms with E-state index < -0.39 is 17.4 Å². The van der Waals surface area contributed by atoms with Crippen LogP contribution < -0.4 is 25.5 Å². The van der Waals surface area contributed by atoms with Crippen molar-refractivity contribution in [2.45, 2.75) is 45.2 Å². The second-order valence-electron chi connectivity index (χ2n) is 8.77. The Morgan fingerprint density at radius 1 is 1.33 bits per heavy atom. The van der Waals surface area contributed by atoms with Crippen molar-refractivity contribution in [2.24, 2.45) is 11.1 Å². The summed E-state index contributed by atoms with van der Waals surface area (Å²) in [5, 5.41) is 9.00. The van der Waals surface area contributed by atoms with Crippen molar-refractivity contribution >= 4 is 22.7 Å². The van der Waals surface area contributed by atoms with Gasteiger partial charge in [0.15, 0.2) is 17.3 Å². The number of aromatic nitrogens is 1. The third-order valence-corrected chi connectivity index (χ3v) is 6.14. The van der Waals surface area contributed by atoms with Gasteiger partial charge in [0, 0.05) is 25.2 Å². The van der Waals surface area contributed by atoms with E-state index in [-0.39, 0.29) is 34.4 Å². The Hall–Kier alpha value is -2.81. The first-order valence-corrected chi connectivity index (χ1v) is 10.0.